The molecule has 2 nitrogen and oxygen atoms in total. The maximum Gasteiger partial charge on any atom is 0.307 e. The van der Waals surface area contributed by atoms with Crippen molar-refractivity contribution in [1.29, 1.82) is 0 Å². The lowest BCUT2D eigenvalue weighted by molar-refractivity contribution is -0.162. The molecule has 4 fully saturated rings. The number of carboxylic acids is 1. The zero-order chi connectivity index (χ0) is 10.6. The molecule has 2 unspecified atom stereocenters. The van der Waals surface area contributed by atoms with Crippen LogP contribution in [0.4, 0.5) is 0 Å². The van der Waals surface area contributed by atoms with Gasteiger partial charge in [0.05, 0.1) is 5.92 Å². The number of hydrogen-bond acceptors (Lipinski definition) is 1. The van der Waals surface area contributed by atoms with Crippen LogP contribution in [0.2, 0.25) is 0 Å². The number of carbonyl (C=O) groups is 1. The van der Waals surface area contributed by atoms with Crippen molar-refractivity contribution in [3.8, 4) is 0 Å². The van der Waals surface area contributed by atoms with Crippen molar-refractivity contribution < 1.29 is 9.90 Å². The van der Waals surface area contributed by atoms with Crippen LogP contribution < -0.4 is 0 Å². The summed E-state index contributed by atoms with van der Waals surface area (Å²) in [6.45, 7) is 2.29. The van der Waals surface area contributed by atoms with Crippen molar-refractivity contribution >= 4 is 5.97 Å². The molecule has 4 bridgehead atoms. The van der Waals surface area contributed by atoms with Gasteiger partial charge in [-0.25, -0.2) is 0 Å². The molecule has 2 atom stereocenters. The number of hydrogen-bond donors (Lipinski definition) is 1. The quantitative estimate of drug-likeness (QED) is 0.757. The van der Waals surface area contributed by atoms with Crippen LogP contribution in [0.1, 0.15) is 45.4 Å². The van der Waals surface area contributed by atoms with Crippen LogP contribution in [0.5, 0.6) is 0 Å². The van der Waals surface area contributed by atoms with Gasteiger partial charge in [-0.1, -0.05) is 13.3 Å². The highest BCUT2D eigenvalue weighted by molar-refractivity contribution is 5.71. The second kappa shape index (κ2) is 2.99. The Balaban J connectivity index is 1.91. The summed E-state index contributed by atoms with van der Waals surface area (Å²) in [4.78, 5) is 11.3. The van der Waals surface area contributed by atoms with Crippen LogP contribution in [-0.4, -0.2) is 11.1 Å². The molecule has 0 aromatic heterocycles. The van der Waals surface area contributed by atoms with Gasteiger partial charge in [0.25, 0.3) is 0 Å². The van der Waals surface area contributed by atoms with E-state index in [0.29, 0.717) is 17.3 Å². The van der Waals surface area contributed by atoms with E-state index >= 15 is 0 Å². The monoisotopic (exact) mass is 208 g/mol. The average Bonchev–Trinajstić information content (AvgIpc) is 2.15. The van der Waals surface area contributed by atoms with E-state index in [4.69, 9.17) is 0 Å². The van der Waals surface area contributed by atoms with Crippen LogP contribution in [0.15, 0.2) is 0 Å². The summed E-state index contributed by atoms with van der Waals surface area (Å²) >= 11 is 0. The molecule has 0 amide bonds. The summed E-state index contributed by atoms with van der Waals surface area (Å²) in [7, 11) is 0. The van der Waals surface area contributed by atoms with Crippen molar-refractivity contribution in [3.63, 3.8) is 0 Å². The molecule has 84 valence electrons. The van der Waals surface area contributed by atoms with Gasteiger partial charge in [0.1, 0.15) is 0 Å². The highest BCUT2D eigenvalue weighted by Gasteiger charge is 2.56. The van der Waals surface area contributed by atoms with E-state index in [1.807, 2.05) is 0 Å². The minimum atomic E-state index is -0.518. The molecule has 0 aromatic rings. The van der Waals surface area contributed by atoms with Gasteiger partial charge in [0.2, 0.25) is 0 Å². The molecule has 0 aromatic carbocycles. The van der Waals surface area contributed by atoms with Crippen molar-refractivity contribution in [1.82, 2.24) is 0 Å². The number of rotatable bonds is 2. The maximum atomic E-state index is 11.3. The predicted octanol–water partition coefficient (Wildman–Crippen LogP) is 2.92. The Kier molecular flexibility index (Phi) is 1.93. The van der Waals surface area contributed by atoms with Crippen molar-refractivity contribution in [2.45, 2.75) is 45.4 Å². The Morgan fingerprint density at radius 2 is 1.87 bits per heavy atom. The normalized spacial score (nSPS) is 52.1. The Bertz CT molecular complexity index is 281. The van der Waals surface area contributed by atoms with Gasteiger partial charge in [-0.2, -0.15) is 0 Å². The molecule has 0 spiro atoms. The first-order chi connectivity index (χ1) is 7.13. The third-order valence-electron chi connectivity index (χ3n) is 5.44. The van der Waals surface area contributed by atoms with Gasteiger partial charge in [0.15, 0.2) is 0 Å². The molecule has 0 radical (unpaired) electrons. The molecular formula is C13H20O2. The smallest absolute Gasteiger partial charge is 0.307 e. The van der Waals surface area contributed by atoms with E-state index in [9.17, 15) is 9.90 Å². The van der Waals surface area contributed by atoms with Gasteiger partial charge in [-0.15, -0.1) is 0 Å². The maximum absolute atomic E-state index is 11.3. The second-order valence-electron chi connectivity index (χ2n) is 6.19. The zero-order valence-electron chi connectivity index (χ0n) is 9.41. The molecule has 0 aliphatic heterocycles. The van der Waals surface area contributed by atoms with Crippen LogP contribution >= 0.6 is 0 Å². The van der Waals surface area contributed by atoms with Crippen LogP contribution in [0.25, 0.3) is 0 Å². The Labute approximate surface area is 91.1 Å². The van der Waals surface area contributed by atoms with Crippen molar-refractivity contribution in [2.75, 3.05) is 0 Å². The molecule has 4 saturated carbocycles. The van der Waals surface area contributed by atoms with Gasteiger partial charge in [-0.3, -0.25) is 4.79 Å². The third kappa shape index (κ3) is 1.26. The SMILES string of the molecule is CCC12CC3CC(C1)C(C(=O)O)C(C3)C2. The van der Waals surface area contributed by atoms with Gasteiger partial charge < -0.3 is 5.11 Å². The second-order valence-corrected chi connectivity index (χ2v) is 6.19. The summed E-state index contributed by atoms with van der Waals surface area (Å²) in [5, 5.41) is 9.30. The topological polar surface area (TPSA) is 37.3 Å². The molecule has 4 aliphatic carbocycles. The van der Waals surface area contributed by atoms with E-state index in [0.717, 1.165) is 5.92 Å². The van der Waals surface area contributed by atoms with Crippen molar-refractivity contribution in [3.05, 3.63) is 0 Å². The first-order valence-electron chi connectivity index (χ1n) is 6.36. The van der Waals surface area contributed by atoms with Crippen LogP contribution in [0.3, 0.4) is 0 Å². The lowest BCUT2D eigenvalue weighted by Gasteiger charge is -2.59. The molecular weight excluding hydrogens is 188 g/mol. The molecule has 4 aliphatic rings. The van der Waals surface area contributed by atoms with E-state index in [2.05, 4.69) is 6.92 Å². The molecule has 1 N–H and O–H groups in total. The fourth-order valence-electron chi connectivity index (χ4n) is 5.03. The third-order valence-corrected chi connectivity index (χ3v) is 5.44. The predicted molar refractivity (Wildman–Crippen MR) is 57.4 cm³/mol. The highest BCUT2D eigenvalue weighted by atomic mass is 16.4. The molecule has 0 saturated heterocycles. The largest absolute Gasteiger partial charge is 0.481 e. The number of carboxylic acid groups (broad SMARTS) is 1. The lowest BCUT2D eigenvalue weighted by atomic mass is 9.45. The minimum absolute atomic E-state index is 0.00113. The highest BCUT2D eigenvalue weighted by Crippen LogP contribution is 2.63. The molecule has 2 heteroatoms. The lowest BCUT2D eigenvalue weighted by Crippen LogP contribution is -2.52. The standard InChI is InChI=1S/C13H20O2/c1-2-13-5-8-3-9(6-13)11(12(14)15)10(4-8)7-13/h8-11H,2-7H2,1H3,(H,14,15). The fraction of sp³-hybridized carbons (Fsp3) is 0.923. The first-order valence-corrected chi connectivity index (χ1v) is 6.36. The zero-order valence-corrected chi connectivity index (χ0v) is 9.41. The summed E-state index contributed by atoms with van der Waals surface area (Å²) in [6.07, 6.45) is 7.47. The summed E-state index contributed by atoms with van der Waals surface area (Å²) in [5.41, 5.74) is 0.544. The van der Waals surface area contributed by atoms with E-state index < -0.39 is 5.97 Å². The summed E-state index contributed by atoms with van der Waals surface area (Å²) in [5.74, 6) is 1.36. The Hall–Kier alpha value is -0.530. The minimum Gasteiger partial charge on any atom is -0.481 e. The molecule has 0 heterocycles. The molecule has 15 heavy (non-hydrogen) atoms. The van der Waals surface area contributed by atoms with E-state index in [-0.39, 0.29) is 5.92 Å². The first kappa shape index (κ1) is 9.68. The van der Waals surface area contributed by atoms with Gasteiger partial charge >= 0.3 is 5.97 Å². The number of aliphatic carboxylic acids is 1. The average molecular weight is 208 g/mol. The Morgan fingerprint density at radius 1 is 1.27 bits per heavy atom. The van der Waals surface area contributed by atoms with Gasteiger partial charge in [0, 0.05) is 0 Å². The van der Waals surface area contributed by atoms with Crippen LogP contribution in [0, 0.1) is 29.1 Å². The summed E-state index contributed by atoms with van der Waals surface area (Å²) < 4.78 is 0. The Morgan fingerprint density at radius 3 is 2.33 bits per heavy atom. The fourth-order valence-corrected chi connectivity index (χ4v) is 5.03. The van der Waals surface area contributed by atoms with E-state index in [1.165, 1.54) is 38.5 Å². The van der Waals surface area contributed by atoms with Crippen LogP contribution in [-0.2, 0) is 4.79 Å². The molecule has 4 rings (SSSR count). The van der Waals surface area contributed by atoms with Gasteiger partial charge in [-0.05, 0) is 55.3 Å². The van der Waals surface area contributed by atoms with Crippen molar-refractivity contribution in [2.24, 2.45) is 29.1 Å². The summed E-state index contributed by atoms with van der Waals surface area (Å²) in [6, 6.07) is 0. The van der Waals surface area contributed by atoms with E-state index in [1.54, 1.807) is 0 Å².